The molecular weight excluding hydrogens is 198 g/mol. The second-order valence-corrected chi connectivity index (χ2v) is 4.36. The molecule has 0 amide bonds. The molecule has 1 aliphatic carbocycles. The minimum Gasteiger partial charge on any atom is -0.330 e. The molecule has 4 heteroatoms. The van der Waals surface area contributed by atoms with Crippen molar-refractivity contribution in [3.8, 4) is 0 Å². The van der Waals surface area contributed by atoms with E-state index in [1.807, 2.05) is 13.0 Å². The molecule has 1 aromatic heterocycles. The first-order valence-corrected chi connectivity index (χ1v) is 4.99. The quantitative estimate of drug-likeness (QED) is 0.814. The van der Waals surface area contributed by atoms with Gasteiger partial charge >= 0.3 is 0 Å². The number of alkyl halides is 2. The molecule has 0 bridgehead atoms. The molecule has 2 N–H and O–H groups in total. The molecule has 0 saturated heterocycles. The van der Waals surface area contributed by atoms with Gasteiger partial charge < -0.3 is 5.73 Å². The highest BCUT2D eigenvalue weighted by Gasteiger charge is 2.57. The summed E-state index contributed by atoms with van der Waals surface area (Å²) in [7, 11) is 0. The molecule has 0 radical (unpaired) electrons. The Hall–Kier alpha value is -1.03. The van der Waals surface area contributed by atoms with Crippen molar-refractivity contribution >= 4 is 0 Å². The maximum absolute atomic E-state index is 13.0. The summed E-state index contributed by atoms with van der Waals surface area (Å²) < 4.78 is 25.9. The van der Waals surface area contributed by atoms with E-state index in [-0.39, 0.29) is 19.4 Å². The summed E-state index contributed by atoms with van der Waals surface area (Å²) in [6.07, 6.45) is 1.29. The summed E-state index contributed by atoms with van der Waals surface area (Å²) in [4.78, 5) is 4.20. The van der Waals surface area contributed by atoms with E-state index < -0.39 is 11.3 Å². The Morgan fingerprint density at radius 3 is 2.60 bits per heavy atom. The number of aromatic nitrogens is 1. The van der Waals surface area contributed by atoms with Crippen molar-refractivity contribution in [3.63, 3.8) is 0 Å². The molecule has 15 heavy (non-hydrogen) atoms. The van der Waals surface area contributed by atoms with Crippen LogP contribution in [0.25, 0.3) is 0 Å². The number of nitrogens with zero attached hydrogens (tertiary/aromatic N) is 1. The minimum atomic E-state index is -2.57. The molecule has 82 valence electrons. The van der Waals surface area contributed by atoms with Crippen LogP contribution in [0, 0.1) is 6.92 Å². The topological polar surface area (TPSA) is 38.9 Å². The molecule has 0 aliphatic heterocycles. The van der Waals surface area contributed by atoms with Crippen LogP contribution < -0.4 is 5.73 Å². The van der Waals surface area contributed by atoms with Gasteiger partial charge in [-0.1, -0.05) is 6.07 Å². The van der Waals surface area contributed by atoms with Gasteiger partial charge in [0.05, 0.1) is 5.69 Å². The first-order valence-electron chi connectivity index (χ1n) is 4.99. The Labute approximate surface area is 87.5 Å². The fourth-order valence-electron chi connectivity index (χ4n) is 2.39. The highest BCUT2D eigenvalue weighted by Crippen LogP contribution is 2.52. The zero-order valence-corrected chi connectivity index (χ0v) is 8.63. The van der Waals surface area contributed by atoms with Crippen LogP contribution in [0.5, 0.6) is 0 Å². The van der Waals surface area contributed by atoms with Gasteiger partial charge in [-0.05, 0) is 18.6 Å². The molecule has 1 aromatic rings. The lowest BCUT2D eigenvalue weighted by Gasteiger charge is -2.46. The molecule has 0 spiro atoms. The van der Waals surface area contributed by atoms with Crippen LogP contribution in [0.3, 0.4) is 0 Å². The van der Waals surface area contributed by atoms with Crippen molar-refractivity contribution in [2.75, 3.05) is 6.54 Å². The molecular formula is C11H14F2N2. The van der Waals surface area contributed by atoms with Crippen molar-refractivity contribution in [2.24, 2.45) is 5.73 Å². The summed E-state index contributed by atoms with van der Waals surface area (Å²) in [5.74, 6) is -2.57. The third kappa shape index (κ3) is 1.63. The van der Waals surface area contributed by atoms with Crippen LogP contribution in [0.2, 0.25) is 0 Å². The highest BCUT2D eigenvalue weighted by atomic mass is 19.3. The fraction of sp³-hybridized carbons (Fsp3) is 0.545. The fourth-order valence-corrected chi connectivity index (χ4v) is 2.39. The van der Waals surface area contributed by atoms with E-state index in [9.17, 15) is 8.78 Å². The Bertz CT molecular complexity index is 369. The van der Waals surface area contributed by atoms with E-state index in [1.54, 1.807) is 12.3 Å². The van der Waals surface area contributed by atoms with E-state index in [1.165, 1.54) is 0 Å². The van der Waals surface area contributed by atoms with Gasteiger partial charge in [-0.3, -0.25) is 4.98 Å². The zero-order valence-electron chi connectivity index (χ0n) is 8.63. The third-order valence-electron chi connectivity index (χ3n) is 3.10. The maximum atomic E-state index is 13.0. The van der Waals surface area contributed by atoms with E-state index in [0.717, 1.165) is 11.3 Å². The summed E-state index contributed by atoms with van der Waals surface area (Å²) >= 11 is 0. The van der Waals surface area contributed by atoms with Gasteiger partial charge in [0, 0.05) is 31.0 Å². The normalized spacial score (nSPS) is 22.1. The molecule has 1 saturated carbocycles. The van der Waals surface area contributed by atoms with E-state index in [2.05, 4.69) is 4.98 Å². The number of hydrogen-bond acceptors (Lipinski definition) is 2. The van der Waals surface area contributed by atoms with Gasteiger partial charge in [0.1, 0.15) is 0 Å². The van der Waals surface area contributed by atoms with Crippen LogP contribution in [0.4, 0.5) is 8.78 Å². The lowest BCUT2D eigenvalue weighted by molar-refractivity contribution is -0.125. The SMILES string of the molecule is Cc1cccnc1C1(CN)CC(F)(F)C1. The predicted molar refractivity (Wildman–Crippen MR) is 53.9 cm³/mol. The zero-order chi connectivity index (χ0) is 11.1. The molecule has 2 rings (SSSR count). The molecule has 2 nitrogen and oxygen atoms in total. The predicted octanol–water partition coefficient (Wildman–Crippen LogP) is 2.02. The first kappa shape index (κ1) is 10.5. The number of pyridine rings is 1. The Kier molecular flexibility index (Phi) is 2.26. The largest absolute Gasteiger partial charge is 0.330 e. The Morgan fingerprint density at radius 1 is 1.47 bits per heavy atom. The first-order chi connectivity index (χ1) is 6.99. The minimum absolute atomic E-state index is 0.172. The van der Waals surface area contributed by atoms with Crippen molar-refractivity contribution in [1.82, 2.24) is 4.98 Å². The van der Waals surface area contributed by atoms with Crippen molar-refractivity contribution in [3.05, 3.63) is 29.6 Å². The standard InChI is InChI=1S/C11H14F2N2/c1-8-3-2-4-15-9(8)10(7-14)5-11(12,13)6-10/h2-4H,5-7,14H2,1H3. The number of hydrogen-bond donors (Lipinski definition) is 1. The van der Waals surface area contributed by atoms with E-state index in [4.69, 9.17) is 5.73 Å². The second kappa shape index (κ2) is 3.23. The van der Waals surface area contributed by atoms with Crippen LogP contribution in [-0.4, -0.2) is 17.5 Å². The summed E-state index contributed by atoms with van der Waals surface area (Å²) in [5.41, 5.74) is 6.69. The number of nitrogens with two attached hydrogens (primary N) is 1. The van der Waals surface area contributed by atoms with Crippen LogP contribution >= 0.6 is 0 Å². The Morgan fingerprint density at radius 2 is 2.13 bits per heavy atom. The third-order valence-corrected chi connectivity index (χ3v) is 3.10. The maximum Gasteiger partial charge on any atom is 0.250 e. The van der Waals surface area contributed by atoms with E-state index >= 15 is 0 Å². The van der Waals surface area contributed by atoms with Crippen LogP contribution in [-0.2, 0) is 5.41 Å². The highest BCUT2D eigenvalue weighted by molar-refractivity contribution is 5.31. The van der Waals surface area contributed by atoms with Gasteiger partial charge in [0.25, 0.3) is 0 Å². The summed E-state index contributed by atoms with van der Waals surface area (Å²) in [6, 6.07) is 3.69. The van der Waals surface area contributed by atoms with E-state index in [0.29, 0.717) is 0 Å². The molecule has 1 heterocycles. The molecule has 0 atom stereocenters. The van der Waals surface area contributed by atoms with Gasteiger partial charge in [0.2, 0.25) is 5.92 Å². The summed E-state index contributed by atoms with van der Waals surface area (Å²) in [6.45, 7) is 2.12. The number of halogens is 2. The van der Waals surface area contributed by atoms with Gasteiger partial charge in [-0.2, -0.15) is 0 Å². The molecule has 0 aromatic carbocycles. The monoisotopic (exact) mass is 212 g/mol. The van der Waals surface area contributed by atoms with Gasteiger partial charge in [-0.15, -0.1) is 0 Å². The summed E-state index contributed by atoms with van der Waals surface area (Å²) in [5, 5.41) is 0. The smallest absolute Gasteiger partial charge is 0.250 e. The van der Waals surface area contributed by atoms with Gasteiger partial charge in [-0.25, -0.2) is 8.78 Å². The number of rotatable bonds is 2. The van der Waals surface area contributed by atoms with Crippen molar-refractivity contribution in [1.29, 1.82) is 0 Å². The van der Waals surface area contributed by atoms with Crippen molar-refractivity contribution in [2.45, 2.75) is 31.1 Å². The average molecular weight is 212 g/mol. The second-order valence-electron chi connectivity index (χ2n) is 4.36. The molecule has 0 unspecified atom stereocenters. The Balaban J connectivity index is 2.34. The van der Waals surface area contributed by atoms with Crippen molar-refractivity contribution < 1.29 is 8.78 Å². The molecule has 1 fully saturated rings. The van der Waals surface area contributed by atoms with Crippen LogP contribution in [0.1, 0.15) is 24.1 Å². The number of aryl methyl sites for hydroxylation is 1. The average Bonchev–Trinajstić information content (AvgIpc) is 2.14. The lowest BCUT2D eigenvalue weighted by atomic mass is 9.63. The van der Waals surface area contributed by atoms with Crippen LogP contribution in [0.15, 0.2) is 18.3 Å². The molecule has 1 aliphatic rings. The van der Waals surface area contributed by atoms with Gasteiger partial charge in [0.15, 0.2) is 0 Å². The lowest BCUT2D eigenvalue weighted by Crippen LogP contribution is -2.54.